The van der Waals surface area contributed by atoms with Crippen LogP contribution >= 0.6 is 0 Å². The average Bonchev–Trinajstić information content (AvgIpc) is 2.81. The van der Waals surface area contributed by atoms with Gasteiger partial charge in [-0.05, 0) is 12.1 Å². The van der Waals surface area contributed by atoms with Gasteiger partial charge in [-0.1, -0.05) is 32.0 Å². The van der Waals surface area contributed by atoms with Crippen molar-refractivity contribution in [3.05, 3.63) is 30.3 Å². The van der Waals surface area contributed by atoms with Crippen molar-refractivity contribution in [2.24, 2.45) is 10.1 Å². The molecule has 0 fully saturated rings. The summed E-state index contributed by atoms with van der Waals surface area (Å²) in [7, 11) is 0. The number of amidine groups is 1. The average molecular weight is 230 g/mol. The zero-order valence-electron chi connectivity index (χ0n) is 10.4. The Hall–Kier alpha value is -1.68. The van der Waals surface area contributed by atoms with Crippen LogP contribution < -0.4 is 0 Å². The summed E-state index contributed by atoms with van der Waals surface area (Å²) in [5, 5.41) is 8.43. The SMILES string of the molecule is CCN(CC)N1N=CCC1=Nc1ccccc1. The molecule has 0 aliphatic carbocycles. The molecule has 90 valence electrons. The van der Waals surface area contributed by atoms with Crippen LogP contribution in [0, 0.1) is 0 Å². The Morgan fingerprint density at radius 3 is 2.59 bits per heavy atom. The van der Waals surface area contributed by atoms with Gasteiger partial charge in [0.15, 0.2) is 0 Å². The maximum atomic E-state index is 4.63. The van der Waals surface area contributed by atoms with Crippen molar-refractivity contribution in [3.8, 4) is 0 Å². The fourth-order valence-corrected chi connectivity index (χ4v) is 1.82. The minimum Gasteiger partial charge on any atom is -0.232 e. The van der Waals surface area contributed by atoms with Gasteiger partial charge in [0.25, 0.3) is 0 Å². The number of hydrogen-bond acceptors (Lipinski definition) is 3. The van der Waals surface area contributed by atoms with Gasteiger partial charge in [0.2, 0.25) is 0 Å². The Labute approximate surface area is 102 Å². The van der Waals surface area contributed by atoms with Crippen molar-refractivity contribution in [1.82, 2.24) is 10.1 Å². The van der Waals surface area contributed by atoms with Gasteiger partial charge in [-0.3, -0.25) is 0 Å². The van der Waals surface area contributed by atoms with E-state index < -0.39 is 0 Å². The quantitative estimate of drug-likeness (QED) is 0.796. The van der Waals surface area contributed by atoms with E-state index in [2.05, 4.69) is 29.0 Å². The second kappa shape index (κ2) is 5.59. The molecule has 0 saturated heterocycles. The monoisotopic (exact) mass is 230 g/mol. The highest BCUT2D eigenvalue weighted by atomic mass is 15.8. The first-order valence-electron chi connectivity index (χ1n) is 6.05. The lowest BCUT2D eigenvalue weighted by Crippen LogP contribution is -2.40. The van der Waals surface area contributed by atoms with Crippen molar-refractivity contribution in [3.63, 3.8) is 0 Å². The van der Waals surface area contributed by atoms with E-state index in [1.165, 1.54) is 0 Å². The largest absolute Gasteiger partial charge is 0.232 e. The first-order chi connectivity index (χ1) is 8.35. The van der Waals surface area contributed by atoms with Gasteiger partial charge < -0.3 is 0 Å². The van der Waals surface area contributed by atoms with Crippen LogP contribution in [-0.4, -0.2) is 35.3 Å². The van der Waals surface area contributed by atoms with E-state index in [9.17, 15) is 0 Å². The summed E-state index contributed by atoms with van der Waals surface area (Å²) in [4.78, 5) is 4.63. The highest BCUT2D eigenvalue weighted by molar-refractivity contribution is 5.98. The normalized spacial score (nSPS) is 17.4. The number of hydrogen-bond donors (Lipinski definition) is 0. The topological polar surface area (TPSA) is 31.2 Å². The Morgan fingerprint density at radius 2 is 1.94 bits per heavy atom. The summed E-state index contributed by atoms with van der Waals surface area (Å²) in [5.41, 5.74) is 0.977. The fourth-order valence-electron chi connectivity index (χ4n) is 1.82. The number of rotatable bonds is 4. The first kappa shape index (κ1) is 11.8. The van der Waals surface area contributed by atoms with E-state index in [0.717, 1.165) is 31.0 Å². The van der Waals surface area contributed by atoms with Crippen LogP contribution in [0.1, 0.15) is 20.3 Å². The van der Waals surface area contributed by atoms with E-state index in [0.29, 0.717) is 0 Å². The molecule has 0 bridgehead atoms. The van der Waals surface area contributed by atoms with E-state index in [-0.39, 0.29) is 0 Å². The minimum atomic E-state index is 0.797. The zero-order valence-corrected chi connectivity index (χ0v) is 10.4. The van der Waals surface area contributed by atoms with Crippen LogP contribution in [0.4, 0.5) is 5.69 Å². The summed E-state index contributed by atoms with van der Waals surface area (Å²) < 4.78 is 0. The molecule has 0 radical (unpaired) electrons. The Bertz CT molecular complexity index is 407. The fraction of sp³-hybridized carbons (Fsp3) is 0.385. The van der Waals surface area contributed by atoms with Crippen LogP contribution in [0.25, 0.3) is 0 Å². The summed E-state index contributed by atoms with van der Waals surface area (Å²) in [6.45, 7) is 6.11. The molecule has 1 aromatic rings. The number of aliphatic imine (C=N–C) groups is 1. The second-order valence-corrected chi connectivity index (χ2v) is 3.79. The molecule has 0 amide bonds. The molecule has 1 aliphatic heterocycles. The number of para-hydroxylation sites is 1. The van der Waals surface area contributed by atoms with E-state index in [1.807, 2.05) is 41.7 Å². The molecule has 0 spiro atoms. The standard InChI is InChI=1S/C13H18N4/c1-3-16(4-2)17-13(10-11-14-17)15-12-8-6-5-7-9-12/h5-9,11H,3-4,10H2,1-2H3. The molecule has 1 aliphatic rings. The van der Waals surface area contributed by atoms with Crippen LogP contribution in [0.2, 0.25) is 0 Å². The number of hydrazone groups is 1. The lowest BCUT2D eigenvalue weighted by atomic mass is 10.3. The summed E-state index contributed by atoms with van der Waals surface area (Å²) in [5.74, 6) is 0.986. The van der Waals surface area contributed by atoms with Crippen LogP contribution in [0.15, 0.2) is 40.4 Å². The van der Waals surface area contributed by atoms with Crippen molar-refractivity contribution in [2.45, 2.75) is 20.3 Å². The van der Waals surface area contributed by atoms with Gasteiger partial charge in [0.1, 0.15) is 5.84 Å². The predicted octanol–water partition coefficient (Wildman–Crippen LogP) is 2.66. The molecular weight excluding hydrogens is 212 g/mol. The number of hydrazine groups is 1. The summed E-state index contributed by atoms with van der Waals surface area (Å²) in [6, 6.07) is 10.0. The van der Waals surface area contributed by atoms with Crippen molar-refractivity contribution >= 4 is 17.7 Å². The van der Waals surface area contributed by atoms with Gasteiger partial charge in [-0.25, -0.2) is 4.99 Å². The molecule has 0 unspecified atom stereocenters. The highest BCUT2D eigenvalue weighted by Gasteiger charge is 2.19. The van der Waals surface area contributed by atoms with Crippen LogP contribution in [0.5, 0.6) is 0 Å². The molecule has 4 heteroatoms. The zero-order chi connectivity index (χ0) is 12.1. The Kier molecular flexibility index (Phi) is 3.88. The molecule has 0 N–H and O–H groups in total. The van der Waals surface area contributed by atoms with Gasteiger partial charge in [-0.15, -0.1) is 0 Å². The molecule has 17 heavy (non-hydrogen) atoms. The lowest BCUT2D eigenvalue weighted by molar-refractivity contribution is 0.0634. The van der Waals surface area contributed by atoms with Gasteiger partial charge in [0.05, 0.1) is 5.69 Å². The number of benzene rings is 1. The van der Waals surface area contributed by atoms with Gasteiger partial charge in [0, 0.05) is 25.7 Å². The molecule has 1 heterocycles. The molecule has 0 aromatic heterocycles. The van der Waals surface area contributed by atoms with Gasteiger partial charge >= 0.3 is 0 Å². The Balaban J connectivity index is 2.19. The molecular formula is C13H18N4. The lowest BCUT2D eigenvalue weighted by Gasteiger charge is -2.27. The van der Waals surface area contributed by atoms with Crippen LogP contribution in [0.3, 0.4) is 0 Å². The second-order valence-electron chi connectivity index (χ2n) is 3.79. The predicted molar refractivity (Wildman–Crippen MR) is 71.4 cm³/mol. The van der Waals surface area contributed by atoms with Crippen LogP contribution in [-0.2, 0) is 0 Å². The Morgan fingerprint density at radius 1 is 1.24 bits per heavy atom. The molecule has 1 aromatic carbocycles. The third kappa shape index (κ3) is 2.71. The van der Waals surface area contributed by atoms with E-state index in [1.54, 1.807) is 0 Å². The molecule has 0 saturated carbocycles. The smallest absolute Gasteiger partial charge is 0.149 e. The summed E-state index contributed by atoms with van der Waals surface area (Å²) in [6.07, 6.45) is 2.70. The van der Waals surface area contributed by atoms with Gasteiger partial charge in [-0.2, -0.15) is 15.2 Å². The first-order valence-corrected chi connectivity index (χ1v) is 6.05. The van der Waals surface area contributed by atoms with Crippen molar-refractivity contribution in [1.29, 1.82) is 0 Å². The molecule has 2 rings (SSSR count). The third-order valence-electron chi connectivity index (χ3n) is 2.71. The molecule has 0 atom stereocenters. The van der Waals surface area contributed by atoms with Crippen molar-refractivity contribution in [2.75, 3.05) is 13.1 Å². The maximum absolute atomic E-state index is 4.63. The van der Waals surface area contributed by atoms with Crippen molar-refractivity contribution < 1.29 is 0 Å². The van der Waals surface area contributed by atoms with E-state index in [4.69, 9.17) is 0 Å². The summed E-state index contributed by atoms with van der Waals surface area (Å²) >= 11 is 0. The minimum absolute atomic E-state index is 0.797. The maximum Gasteiger partial charge on any atom is 0.149 e. The molecule has 4 nitrogen and oxygen atoms in total. The third-order valence-corrected chi connectivity index (χ3v) is 2.71. The van der Waals surface area contributed by atoms with E-state index >= 15 is 0 Å². The number of nitrogens with zero attached hydrogens (tertiary/aromatic N) is 4. The highest BCUT2D eigenvalue weighted by Crippen LogP contribution is 2.16.